The Morgan fingerprint density at radius 3 is 2.41 bits per heavy atom. The standard InChI is InChI=1S/C28H36N4O5/c1-2-23-26(32-24(19-37-28(32)36)20-9-5-3-6-10-20)27(35)31(23)22(18-33)17-25(34)30-15-11-21(12-16-30)29-13-7-4-8-14-29/h2-3,5-6,9-10,18,21-24,26H,1,4,7-8,11-17,19H2/t22-,23-,24-,26+/m1/s1. The Morgan fingerprint density at radius 2 is 1.76 bits per heavy atom. The number of ether oxygens (including phenoxy) is 1. The van der Waals surface area contributed by atoms with Crippen molar-refractivity contribution in [2.45, 2.75) is 68.7 Å². The summed E-state index contributed by atoms with van der Waals surface area (Å²) in [6, 6.07) is 7.27. The number of amides is 3. The third kappa shape index (κ3) is 4.89. The third-order valence-corrected chi connectivity index (χ3v) is 8.41. The fourth-order valence-corrected chi connectivity index (χ4v) is 6.38. The van der Waals surface area contributed by atoms with Crippen molar-refractivity contribution in [1.82, 2.24) is 19.6 Å². The lowest BCUT2D eigenvalue weighted by molar-refractivity contribution is -0.161. The van der Waals surface area contributed by atoms with E-state index in [1.807, 2.05) is 35.2 Å². The molecule has 4 aliphatic heterocycles. The smallest absolute Gasteiger partial charge is 0.411 e. The zero-order valence-corrected chi connectivity index (χ0v) is 21.2. The summed E-state index contributed by atoms with van der Waals surface area (Å²) >= 11 is 0. The molecule has 1 aromatic rings. The molecule has 4 atom stereocenters. The van der Waals surface area contributed by atoms with Gasteiger partial charge in [0.05, 0.1) is 24.5 Å². The van der Waals surface area contributed by atoms with Crippen LogP contribution in [0, 0.1) is 0 Å². The number of likely N-dealkylation sites (tertiary alicyclic amines) is 3. The van der Waals surface area contributed by atoms with Crippen LogP contribution in [-0.4, -0.2) is 101 Å². The van der Waals surface area contributed by atoms with Gasteiger partial charge in [-0.3, -0.25) is 14.5 Å². The van der Waals surface area contributed by atoms with E-state index >= 15 is 0 Å². The number of cyclic esters (lactones) is 1. The van der Waals surface area contributed by atoms with E-state index in [0.29, 0.717) is 25.4 Å². The van der Waals surface area contributed by atoms with Crippen molar-refractivity contribution < 1.29 is 23.9 Å². The minimum Gasteiger partial charge on any atom is -0.447 e. The van der Waals surface area contributed by atoms with E-state index in [1.54, 1.807) is 6.08 Å². The molecule has 37 heavy (non-hydrogen) atoms. The zero-order chi connectivity index (χ0) is 25.9. The first-order valence-corrected chi connectivity index (χ1v) is 13.5. The van der Waals surface area contributed by atoms with Gasteiger partial charge in [0.2, 0.25) is 11.8 Å². The molecule has 9 heteroatoms. The highest BCUT2D eigenvalue weighted by atomic mass is 16.6. The van der Waals surface area contributed by atoms with Crippen LogP contribution in [0.25, 0.3) is 0 Å². The van der Waals surface area contributed by atoms with Crippen LogP contribution in [0.4, 0.5) is 4.79 Å². The number of hydrogen-bond donors (Lipinski definition) is 0. The number of carbonyl (C=O) groups excluding carboxylic acids is 4. The zero-order valence-electron chi connectivity index (χ0n) is 21.2. The predicted molar refractivity (Wildman–Crippen MR) is 136 cm³/mol. The molecule has 0 N–H and O–H groups in total. The largest absolute Gasteiger partial charge is 0.447 e. The normalized spacial score (nSPS) is 28.0. The summed E-state index contributed by atoms with van der Waals surface area (Å²) < 4.78 is 5.30. The molecule has 5 rings (SSSR count). The lowest BCUT2D eigenvalue weighted by atomic mass is 9.88. The molecule has 4 heterocycles. The monoisotopic (exact) mass is 508 g/mol. The van der Waals surface area contributed by atoms with Crippen molar-refractivity contribution >= 4 is 24.2 Å². The Morgan fingerprint density at radius 1 is 1.05 bits per heavy atom. The number of carbonyl (C=O) groups is 4. The number of β-lactam (4-membered cyclic amide) rings is 1. The average Bonchev–Trinajstić information content (AvgIpc) is 3.32. The Bertz CT molecular complexity index is 1020. The van der Waals surface area contributed by atoms with Crippen LogP contribution in [0.5, 0.6) is 0 Å². The Hall–Kier alpha value is -3.20. The first-order valence-electron chi connectivity index (χ1n) is 13.5. The van der Waals surface area contributed by atoms with Crippen molar-refractivity contribution in [3.05, 3.63) is 48.6 Å². The third-order valence-electron chi connectivity index (χ3n) is 8.41. The van der Waals surface area contributed by atoms with Crippen molar-refractivity contribution in [2.75, 3.05) is 32.8 Å². The number of piperidine rings is 2. The lowest BCUT2D eigenvalue weighted by Gasteiger charge is -2.51. The van der Waals surface area contributed by atoms with E-state index < -0.39 is 30.3 Å². The van der Waals surface area contributed by atoms with Crippen molar-refractivity contribution in [2.24, 2.45) is 0 Å². The van der Waals surface area contributed by atoms with Gasteiger partial charge in [0.15, 0.2) is 0 Å². The summed E-state index contributed by atoms with van der Waals surface area (Å²) in [5.74, 6) is -0.477. The van der Waals surface area contributed by atoms with Crippen LogP contribution in [0.15, 0.2) is 43.0 Å². The molecule has 1 aromatic carbocycles. The van der Waals surface area contributed by atoms with Crippen LogP contribution in [-0.2, 0) is 19.1 Å². The van der Waals surface area contributed by atoms with Crippen LogP contribution in [0.2, 0.25) is 0 Å². The molecular formula is C28H36N4O5. The molecule has 0 saturated carbocycles. The molecule has 4 aliphatic rings. The van der Waals surface area contributed by atoms with Gasteiger partial charge >= 0.3 is 6.09 Å². The maximum absolute atomic E-state index is 13.4. The summed E-state index contributed by atoms with van der Waals surface area (Å²) in [6.07, 6.45) is 7.29. The molecule has 198 valence electrons. The molecule has 0 aromatic heterocycles. The van der Waals surface area contributed by atoms with Gasteiger partial charge in [-0.05, 0) is 44.3 Å². The van der Waals surface area contributed by atoms with E-state index in [1.165, 1.54) is 29.1 Å². The van der Waals surface area contributed by atoms with E-state index in [4.69, 9.17) is 4.74 Å². The quantitative estimate of drug-likeness (QED) is 0.304. The van der Waals surface area contributed by atoms with Crippen molar-refractivity contribution in [1.29, 1.82) is 0 Å². The van der Waals surface area contributed by atoms with Gasteiger partial charge in [0.1, 0.15) is 18.9 Å². The molecule has 0 unspecified atom stereocenters. The van der Waals surface area contributed by atoms with Gasteiger partial charge in [-0.1, -0.05) is 42.8 Å². The molecule has 0 radical (unpaired) electrons. The molecule has 0 bridgehead atoms. The van der Waals surface area contributed by atoms with Gasteiger partial charge in [-0.15, -0.1) is 6.58 Å². The highest BCUT2D eigenvalue weighted by molar-refractivity contribution is 5.96. The topological polar surface area (TPSA) is 90.5 Å². The number of benzene rings is 1. The Labute approximate surface area is 218 Å². The summed E-state index contributed by atoms with van der Waals surface area (Å²) in [4.78, 5) is 58.4. The van der Waals surface area contributed by atoms with E-state index in [9.17, 15) is 19.2 Å². The maximum Gasteiger partial charge on any atom is 0.411 e. The molecule has 4 saturated heterocycles. The number of aldehydes is 1. The van der Waals surface area contributed by atoms with Crippen LogP contribution >= 0.6 is 0 Å². The van der Waals surface area contributed by atoms with Crippen LogP contribution in [0.3, 0.4) is 0 Å². The lowest BCUT2D eigenvalue weighted by Crippen LogP contribution is -2.73. The summed E-state index contributed by atoms with van der Waals surface area (Å²) in [5, 5.41) is 0. The summed E-state index contributed by atoms with van der Waals surface area (Å²) in [7, 11) is 0. The highest BCUT2D eigenvalue weighted by Gasteiger charge is 2.57. The molecule has 3 amide bonds. The molecule has 0 spiro atoms. The number of rotatable bonds is 8. The molecule has 4 fully saturated rings. The van der Waals surface area contributed by atoms with E-state index in [2.05, 4.69) is 11.5 Å². The van der Waals surface area contributed by atoms with Gasteiger partial charge in [-0.2, -0.15) is 0 Å². The first kappa shape index (κ1) is 25.4. The number of nitrogens with zero attached hydrogens (tertiary/aromatic N) is 4. The van der Waals surface area contributed by atoms with Crippen molar-refractivity contribution in [3.8, 4) is 0 Å². The minimum absolute atomic E-state index is 0.0623. The molecule has 0 aliphatic carbocycles. The molecule has 9 nitrogen and oxygen atoms in total. The van der Waals surface area contributed by atoms with Crippen molar-refractivity contribution in [3.63, 3.8) is 0 Å². The molecular weight excluding hydrogens is 472 g/mol. The fraction of sp³-hybridized carbons (Fsp3) is 0.571. The predicted octanol–water partition coefficient (Wildman–Crippen LogP) is 2.38. The summed E-state index contributed by atoms with van der Waals surface area (Å²) in [5.41, 5.74) is 0.873. The van der Waals surface area contributed by atoms with Gasteiger partial charge in [-0.25, -0.2) is 4.79 Å². The minimum atomic E-state index is -0.895. The second-order valence-electron chi connectivity index (χ2n) is 10.4. The first-order chi connectivity index (χ1) is 18.0. The Kier molecular flexibility index (Phi) is 7.60. The SMILES string of the molecule is C=C[C@@H]1[C@H](N2C(=O)OC[C@@H]2c2ccccc2)C(=O)N1[C@@H](C=O)CC(=O)N1CCC(N2CCCCC2)CC1. The van der Waals surface area contributed by atoms with Crippen LogP contribution < -0.4 is 0 Å². The average molecular weight is 509 g/mol. The fourth-order valence-electron chi connectivity index (χ4n) is 6.38. The van der Waals surface area contributed by atoms with Crippen LogP contribution in [0.1, 0.15) is 50.1 Å². The van der Waals surface area contributed by atoms with E-state index in [-0.39, 0.29) is 24.8 Å². The van der Waals surface area contributed by atoms with Gasteiger partial charge in [0, 0.05) is 19.1 Å². The Balaban J connectivity index is 1.22. The number of hydrogen-bond acceptors (Lipinski definition) is 6. The van der Waals surface area contributed by atoms with Gasteiger partial charge in [0.25, 0.3) is 0 Å². The highest BCUT2D eigenvalue weighted by Crippen LogP contribution is 2.38. The van der Waals surface area contributed by atoms with E-state index in [0.717, 1.165) is 31.5 Å². The second kappa shape index (κ2) is 11.0. The van der Waals surface area contributed by atoms with Gasteiger partial charge < -0.3 is 24.2 Å². The second-order valence-corrected chi connectivity index (χ2v) is 10.4. The summed E-state index contributed by atoms with van der Waals surface area (Å²) in [6.45, 7) is 7.64. The maximum atomic E-state index is 13.4.